The van der Waals surface area contributed by atoms with Gasteiger partial charge in [0.1, 0.15) is 73.6 Å². The van der Waals surface area contributed by atoms with E-state index in [1.807, 2.05) is 12.1 Å². The number of methoxy groups -OCH3 is 1. The first kappa shape index (κ1) is 32.8. The molecule has 5 heterocycles. The summed E-state index contributed by atoms with van der Waals surface area (Å²) in [5, 5.41) is 51.9. The van der Waals surface area contributed by atoms with Gasteiger partial charge < -0.3 is 63.5 Å². The van der Waals surface area contributed by atoms with Crippen LogP contribution in [0.2, 0.25) is 0 Å². The van der Waals surface area contributed by atoms with Crippen LogP contribution in [0.15, 0.2) is 53.3 Å². The zero-order valence-electron chi connectivity index (χ0n) is 26.1. The first-order valence-corrected chi connectivity index (χ1v) is 15.6. The second-order valence-corrected chi connectivity index (χ2v) is 12.1. The second-order valence-electron chi connectivity index (χ2n) is 12.1. The average molecular weight is 683 g/mol. The van der Waals surface area contributed by atoms with Gasteiger partial charge in [-0.25, -0.2) is 0 Å². The molecule has 1 saturated heterocycles. The van der Waals surface area contributed by atoms with Crippen LogP contribution in [0.3, 0.4) is 0 Å². The molecule has 2 aromatic carbocycles. The number of nitrogens with one attached hydrogen (secondary N) is 1. The Morgan fingerprint density at radius 3 is 2.73 bits per heavy atom. The van der Waals surface area contributed by atoms with E-state index in [2.05, 4.69) is 11.2 Å². The van der Waals surface area contributed by atoms with Crippen LogP contribution < -0.4 is 33.7 Å². The van der Waals surface area contributed by atoms with E-state index in [-0.39, 0.29) is 18.3 Å². The van der Waals surface area contributed by atoms with Crippen molar-refractivity contribution >= 4 is 17.7 Å². The second kappa shape index (κ2) is 13.3. The number of allylic oxidation sites excluding steroid dienone is 1. The summed E-state index contributed by atoms with van der Waals surface area (Å²) in [6, 6.07) is 6.93. The largest absolute Gasteiger partial charge is 0.550 e. The SMILES string of the molecule is COc1c(OCO)ccc2c1OC1c3c(C[NH+]4C=C5C=CN=C5C4)cc(OC4OC(COC(=O)CC(=O)[O-])C(O)C(O)C4O)cc3OCC21. The molecule has 5 aliphatic heterocycles. The van der Waals surface area contributed by atoms with E-state index in [9.17, 15) is 35.1 Å². The van der Waals surface area contributed by atoms with E-state index in [1.54, 1.807) is 24.4 Å². The summed E-state index contributed by atoms with van der Waals surface area (Å²) in [5.74, 6) is -1.16. The average Bonchev–Trinajstić information content (AvgIpc) is 3.77. The molecule has 0 radical (unpaired) electrons. The molecule has 0 aliphatic carbocycles. The highest BCUT2D eigenvalue weighted by Crippen LogP contribution is 2.57. The number of carboxylic acids is 1. The van der Waals surface area contributed by atoms with Gasteiger partial charge >= 0.3 is 5.97 Å². The number of carbonyl (C=O) groups excluding carboxylic acids is 2. The molecule has 0 bridgehead atoms. The van der Waals surface area contributed by atoms with Crippen molar-refractivity contribution in [3.8, 4) is 28.7 Å². The molecule has 260 valence electrons. The van der Waals surface area contributed by atoms with Crippen molar-refractivity contribution in [3.63, 3.8) is 0 Å². The van der Waals surface area contributed by atoms with Crippen molar-refractivity contribution in [1.82, 2.24) is 0 Å². The van der Waals surface area contributed by atoms with Crippen LogP contribution in [0, 0.1) is 0 Å². The van der Waals surface area contributed by atoms with Gasteiger partial charge in [-0.3, -0.25) is 14.7 Å². The lowest BCUT2D eigenvalue weighted by molar-refractivity contribution is -0.848. The third-order valence-corrected chi connectivity index (χ3v) is 9.05. The van der Waals surface area contributed by atoms with E-state index < -0.39 is 68.6 Å². The Hall–Kier alpha value is -4.71. The molecule has 5 aliphatic rings. The minimum Gasteiger partial charge on any atom is -0.550 e. The smallest absolute Gasteiger partial charge is 0.311 e. The van der Waals surface area contributed by atoms with Gasteiger partial charge in [0.05, 0.1) is 37.6 Å². The van der Waals surface area contributed by atoms with Gasteiger partial charge in [0.2, 0.25) is 12.0 Å². The van der Waals surface area contributed by atoms with Gasteiger partial charge in [-0.05, 0) is 18.2 Å². The van der Waals surface area contributed by atoms with Gasteiger partial charge in [0, 0.05) is 29.0 Å². The topological polar surface area (TPSA) is 220 Å². The van der Waals surface area contributed by atoms with Gasteiger partial charge in [-0.2, -0.15) is 0 Å². The molecule has 2 aromatic rings. The molecular formula is C33H34N2O14. The molecule has 1 fully saturated rings. The Bertz CT molecular complexity index is 1740. The monoisotopic (exact) mass is 682 g/mol. The van der Waals surface area contributed by atoms with E-state index >= 15 is 0 Å². The Morgan fingerprint density at radius 1 is 1.14 bits per heavy atom. The lowest BCUT2D eigenvalue weighted by atomic mass is 9.86. The van der Waals surface area contributed by atoms with Crippen molar-refractivity contribution in [3.05, 3.63) is 65.0 Å². The molecule has 7 rings (SSSR count). The van der Waals surface area contributed by atoms with E-state index in [1.165, 1.54) is 7.11 Å². The van der Waals surface area contributed by atoms with Crippen molar-refractivity contribution in [2.45, 2.75) is 55.7 Å². The number of esters is 1. The van der Waals surface area contributed by atoms with Gasteiger partial charge in [0.25, 0.3) is 0 Å². The highest BCUT2D eigenvalue weighted by Gasteiger charge is 2.47. The van der Waals surface area contributed by atoms with Crippen molar-refractivity contribution in [2.24, 2.45) is 4.99 Å². The number of hydrogen-bond donors (Lipinski definition) is 5. The first-order valence-electron chi connectivity index (χ1n) is 15.6. The number of fused-ring (bicyclic) bond motifs is 6. The lowest BCUT2D eigenvalue weighted by Crippen LogP contribution is -3.05. The number of aliphatic hydroxyl groups is 4. The molecule has 8 unspecified atom stereocenters. The van der Waals surface area contributed by atoms with Crippen molar-refractivity contribution < 1.29 is 73.2 Å². The fraction of sp³-hybridized carbons (Fsp3) is 0.424. The number of ether oxygens (including phenoxy) is 7. The number of carboxylic acid groups (broad SMARTS) is 1. The number of nitrogens with zero attached hydrogens (tertiary/aromatic N) is 1. The zero-order chi connectivity index (χ0) is 34.4. The summed E-state index contributed by atoms with van der Waals surface area (Å²) < 4.78 is 40.5. The fourth-order valence-electron chi connectivity index (χ4n) is 6.78. The van der Waals surface area contributed by atoms with Crippen LogP contribution in [0.25, 0.3) is 0 Å². The zero-order valence-corrected chi connectivity index (χ0v) is 26.1. The molecule has 0 amide bonds. The summed E-state index contributed by atoms with van der Waals surface area (Å²) >= 11 is 0. The Morgan fingerprint density at radius 2 is 1.98 bits per heavy atom. The Balaban J connectivity index is 1.19. The summed E-state index contributed by atoms with van der Waals surface area (Å²) in [6.45, 7) is 0.187. The van der Waals surface area contributed by atoms with Gasteiger partial charge in [-0.1, -0.05) is 6.07 Å². The standard InChI is InChI=1S/C33H34N2O14/c1-43-32-21(46-14-36)3-2-18-19-12-44-22-7-17(47-33-29(42)28(41)27(40)23(48-33)13-45-25(39)8-24(37)38)6-16(26(22)30(19)49-31(18)32)10-35-9-15-4-5-34-20(15)11-35/h2-7,9,19,23,27-30,33,36,40-42H,8,10-14H2,1H3,(H,37,38). The predicted molar refractivity (Wildman–Crippen MR) is 161 cm³/mol. The minimum absolute atomic E-state index is 0.204. The maximum Gasteiger partial charge on any atom is 0.311 e. The number of aliphatic carboxylic acids is 1. The first-order chi connectivity index (χ1) is 23.6. The third-order valence-electron chi connectivity index (χ3n) is 9.05. The Labute approximate surface area is 278 Å². The number of rotatable bonds is 11. The molecule has 5 N–H and O–H groups in total. The predicted octanol–water partition coefficient (Wildman–Crippen LogP) is -2.25. The van der Waals surface area contributed by atoms with E-state index in [0.29, 0.717) is 36.1 Å². The number of aliphatic hydroxyl groups excluding tert-OH is 4. The van der Waals surface area contributed by atoms with Crippen molar-refractivity contribution in [1.29, 1.82) is 0 Å². The molecule has 16 nitrogen and oxygen atoms in total. The normalized spacial score (nSPS) is 28.9. The fourth-order valence-corrected chi connectivity index (χ4v) is 6.78. The van der Waals surface area contributed by atoms with Crippen molar-refractivity contribution in [2.75, 3.05) is 33.7 Å². The van der Waals surface area contributed by atoms with Crippen LogP contribution >= 0.6 is 0 Å². The highest BCUT2D eigenvalue weighted by atomic mass is 16.7. The maximum absolute atomic E-state index is 11.7. The summed E-state index contributed by atoms with van der Waals surface area (Å²) in [7, 11) is 1.49. The minimum atomic E-state index is -1.74. The number of aliphatic imine (C=N–C) groups is 1. The highest BCUT2D eigenvalue weighted by molar-refractivity contribution is 6.06. The molecule has 16 heteroatoms. The quantitative estimate of drug-likeness (QED) is 0.0962. The molecule has 0 spiro atoms. The van der Waals surface area contributed by atoms with Gasteiger partial charge in [-0.15, -0.1) is 0 Å². The number of quaternary nitrogens is 1. The van der Waals surface area contributed by atoms with Gasteiger partial charge in [0.15, 0.2) is 18.3 Å². The van der Waals surface area contributed by atoms with E-state index in [0.717, 1.165) is 32.9 Å². The molecule has 49 heavy (non-hydrogen) atoms. The number of carbonyl (C=O) groups is 2. The summed E-state index contributed by atoms with van der Waals surface area (Å²) in [6.07, 6.45) is -3.70. The lowest BCUT2D eigenvalue weighted by Gasteiger charge is -2.40. The van der Waals surface area contributed by atoms with Crippen LogP contribution in [-0.2, 0) is 25.6 Å². The van der Waals surface area contributed by atoms with Crippen LogP contribution in [-0.4, -0.2) is 102 Å². The van der Waals surface area contributed by atoms with E-state index in [4.69, 9.17) is 33.2 Å². The van der Waals surface area contributed by atoms with Crippen LogP contribution in [0.1, 0.15) is 35.1 Å². The third kappa shape index (κ3) is 6.18. The molecular weight excluding hydrogens is 648 g/mol. The summed E-state index contributed by atoms with van der Waals surface area (Å²) in [4.78, 5) is 28.0. The molecule has 8 atom stereocenters. The number of hydrogen-bond acceptors (Lipinski definition) is 15. The summed E-state index contributed by atoms with van der Waals surface area (Å²) in [5.41, 5.74) is 4.41. The maximum atomic E-state index is 11.7. The molecule has 0 aromatic heterocycles. The number of benzene rings is 2. The Kier molecular flexibility index (Phi) is 8.91. The molecule has 0 saturated carbocycles. The van der Waals surface area contributed by atoms with Crippen LogP contribution in [0.5, 0.6) is 28.7 Å². The van der Waals surface area contributed by atoms with Crippen LogP contribution in [0.4, 0.5) is 0 Å².